The second-order valence-electron chi connectivity index (χ2n) is 6.77. The molecule has 0 bridgehead atoms. The zero-order chi connectivity index (χ0) is 20.7. The van der Waals surface area contributed by atoms with Gasteiger partial charge in [-0.15, -0.1) is 0 Å². The summed E-state index contributed by atoms with van der Waals surface area (Å²) in [5.41, 5.74) is 2.10. The van der Waals surface area contributed by atoms with E-state index in [1.165, 1.54) is 18.4 Å². The zero-order valence-corrected chi connectivity index (χ0v) is 16.3. The highest BCUT2D eigenvalue weighted by atomic mass is 35.5. The Hall–Kier alpha value is -3.64. The zero-order valence-electron chi connectivity index (χ0n) is 15.6. The van der Waals surface area contributed by atoms with Crippen LogP contribution in [0, 0.1) is 0 Å². The molecule has 0 fully saturated rings. The number of fused-ring (bicyclic) bond motifs is 2. The van der Waals surface area contributed by atoms with E-state index in [1.807, 2.05) is 0 Å². The Labute approximate surface area is 175 Å². The molecule has 0 spiro atoms. The summed E-state index contributed by atoms with van der Waals surface area (Å²) in [6.07, 6.45) is 1.41. The minimum Gasteiger partial charge on any atom is -0.508 e. The van der Waals surface area contributed by atoms with Gasteiger partial charge >= 0.3 is 0 Å². The first-order chi connectivity index (χ1) is 14.6. The number of phenolic OH excluding ortho intramolecular Hbond substituents is 1. The maximum atomic E-state index is 12.9. The van der Waals surface area contributed by atoms with Gasteiger partial charge in [-0.1, -0.05) is 23.7 Å². The number of rotatable bonds is 4. The van der Waals surface area contributed by atoms with Crippen LogP contribution in [0.25, 0.3) is 22.1 Å². The summed E-state index contributed by atoms with van der Waals surface area (Å²) in [4.78, 5) is 12.9. The van der Waals surface area contributed by atoms with Crippen LogP contribution in [-0.4, -0.2) is 11.9 Å². The minimum atomic E-state index is -0.160. The van der Waals surface area contributed by atoms with Crippen molar-refractivity contribution in [3.8, 4) is 34.1 Å². The van der Waals surface area contributed by atoms with Crippen LogP contribution < -0.4 is 19.6 Å². The van der Waals surface area contributed by atoms with E-state index in [0.717, 1.165) is 5.56 Å². The summed E-state index contributed by atoms with van der Waals surface area (Å²) in [6.45, 7) is 0.391. The smallest absolute Gasteiger partial charge is 0.231 e. The quantitative estimate of drug-likeness (QED) is 0.491. The molecule has 1 N–H and O–H groups in total. The molecular formula is C23H15ClO6. The highest BCUT2D eigenvalue weighted by Gasteiger charge is 2.17. The highest BCUT2D eigenvalue weighted by molar-refractivity contribution is 6.31. The molecule has 1 aliphatic rings. The summed E-state index contributed by atoms with van der Waals surface area (Å²) in [7, 11) is 0. The van der Waals surface area contributed by atoms with Gasteiger partial charge in [-0.05, 0) is 35.9 Å². The lowest BCUT2D eigenvalue weighted by Gasteiger charge is -2.10. The molecule has 6 nitrogen and oxygen atoms in total. The van der Waals surface area contributed by atoms with E-state index in [4.69, 9.17) is 30.2 Å². The molecule has 0 radical (unpaired) electrons. The van der Waals surface area contributed by atoms with Crippen molar-refractivity contribution in [3.63, 3.8) is 0 Å². The Morgan fingerprint density at radius 2 is 1.77 bits per heavy atom. The molecule has 2 heterocycles. The number of phenols is 1. The molecule has 0 saturated heterocycles. The summed E-state index contributed by atoms with van der Waals surface area (Å²) in [6, 6.07) is 14.9. The Kier molecular flexibility index (Phi) is 4.48. The van der Waals surface area contributed by atoms with E-state index in [-0.39, 0.29) is 24.6 Å². The van der Waals surface area contributed by atoms with Crippen molar-refractivity contribution in [1.29, 1.82) is 0 Å². The largest absolute Gasteiger partial charge is 0.508 e. The van der Waals surface area contributed by atoms with Crippen molar-refractivity contribution in [3.05, 3.63) is 81.7 Å². The second kappa shape index (κ2) is 7.31. The number of aromatic hydroxyl groups is 1. The predicted molar refractivity (Wildman–Crippen MR) is 111 cm³/mol. The molecule has 1 aromatic heterocycles. The van der Waals surface area contributed by atoms with Crippen LogP contribution in [-0.2, 0) is 6.61 Å². The lowest BCUT2D eigenvalue weighted by atomic mass is 10.1. The van der Waals surface area contributed by atoms with E-state index in [1.54, 1.807) is 42.5 Å². The van der Waals surface area contributed by atoms with Gasteiger partial charge in [0.25, 0.3) is 0 Å². The molecule has 3 aromatic carbocycles. The van der Waals surface area contributed by atoms with Gasteiger partial charge in [-0.25, -0.2) is 0 Å². The van der Waals surface area contributed by atoms with Gasteiger partial charge in [-0.2, -0.15) is 0 Å². The number of ether oxygens (including phenoxy) is 3. The van der Waals surface area contributed by atoms with Crippen LogP contribution in [0.5, 0.6) is 23.0 Å². The molecule has 1 aliphatic heterocycles. The third-order valence-corrected chi connectivity index (χ3v) is 5.21. The van der Waals surface area contributed by atoms with Gasteiger partial charge in [-0.3, -0.25) is 4.79 Å². The molecule has 7 heteroatoms. The maximum Gasteiger partial charge on any atom is 0.231 e. The van der Waals surface area contributed by atoms with Crippen LogP contribution in [0.3, 0.4) is 0 Å². The van der Waals surface area contributed by atoms with E-state index in [0.29, 0.717) is 44.4 Å². The van der Waals surface area contributed by atoms with Crippen molar-refractivity contribution >= 4 is 22.6 Å². The van der Waals surface area contributed by atoms with Gasteiger partial charge < -0.3 is 23.7 Å². The van der Waals surface area contributed by atoms with Crippen molar-refractivity contribution in [2.24, 2.45) is 0 Å². The fraction of sp³-hybridized carbons (Fsp3) is 0.0870. The van der Waals surface area contributed by atoms with E-state index in [2.05, 4.69) is 0 Å². The molecule has 0 amide bonds. The average molecular weight is 423 g/mol. The Morgan fingerprint density at radius 1 is 1.00 bits per heavy atom. The Morgan fingerprint density at radius 3 is 2.57 bits per heavy atom. The molecular weight excluding hydrogens is 408 g/mol. The fourth-order valence-corrected chi connectivity index (χ4v) is 3.48. The Bertz CT molecular complexity index is 1310. The Balaban J connectivity index is 1.41. The predicted octanol–water partition coefficient (Wildman–Crippen LogP) is 5.13. The lowest BCUT2D eigenvalue weighted by molar-refractivity contribution is 0.174. The van der Waals surface area contributed by atoms with Gasteiger partial charge in [0.2, 0.25) is 6.79 Å². The molecule has 0 aliphatic carbocycles. The highest BCUT2D eigenvalue weighted by Crippen LogP contribution is 2.37. The standard InChI is InChI=1S/C23H15ClO6/c24-19-9-22-21(29-12-30-22)7-14(19)10-27-16-5-6-17-20(8-16)28-11-18(23(17)26)13-1-3-15(25)4-2-13/h1-9,11,25H,10,12H2. The van der Waals surface area contributed by atoms with Gasteiger partial charge in [0.15, 0.2) is 16.9 Å². The molecule has 30 heavy (non-hydrogen) atoms. The van der Waals surface area contributed by atoms with E-state index >= 15 is 0 Å². The topological polar surface area (TPSA) is 78.1 Å². The fourth-order valence-electron chi connectivity index (χ4n) is 3.27. The molecule has 5 rings (SSSR count). The van der Waals surface area contributed by atoms with Crippen LogP contribution in [0.15, 0.2) is 70.1 Å². The first-order valence-corrected chi connectivity index (χ1v) is 9.52. The molecule has 0 unspecified atom stereocenters. The van der Waals surface area contributed by atoms with Crippen LogP contribution in [0.4, 0.5) is 0 Å². The van der Waals surface area contributed by atoms with Gasteiger partial charge in [0.1, 0.15) is 30.0 Å². The van der Waals surface area contributed by atoms with Crippen LogP contribution >= 0.6 is 11.6 Å². The van der Waals surface area contributed by atoms with Crippen LogP contribution in [0.2, 0.25) is 5.02 Å². The van der Waals surface area contributed by atoms with Crippen molar-refractivity contribution in [1.82, 2.24) is 0 Å². The van der Waals surface area contributed by atoms with E-state index < -0.39 is 0 Å². The normalized spacial score (nSPS) is 12.3. The van der Waals surface area contributed by atoms with Gasteiger partial charge in [0, 0.05) is 17.7 Å². The average Bonchev–Trinajstić information content (AvgIpc) is 3.20. The molecule has 0 saturated carbocycles. The number of hydrogen-bond donors (Lipinski definition) is 1. The first-order valence-electron chi connectivity index (χ1n) is 9.14. The van der Waals surface area contributed by atoms with Crippen LogP contribution in [0.1, 0.15) is 5.56 Å². The van der Waals surface area contributed by atoms with Crippen molar-refractivity contribution in [2.45, 2.75) is 6.61 Å². The number of halogens is 1. The third kappa shape index (κ3) is 3.31. The summed E-state index contributed by atoms with van der Waals surface area (Å²) >= 11 is 6.28. The van der Waals surface area contributed by atoms with Crippen molar-refractivity contribution in [2.75, 3.05) is 6.79 Å². The summed E-state index contributed by atoms with van der Waals surface area (Å²) in [5.74, 6) is 1.91. The van der Waals surface area contributed by atoms with E-state index in [9.17, 15) is 9.90 Å². The van der Waals surface area contributed by atoms with Gasteiger partial charge in [0.05, 0.1) is 16.0 Å². The molecule has 4 aromatic rings. The summed E-state index contributed by atoms with van der Waals surface area (Å²) in [5, 5.41) is 10.4. The third-order valence-electron chi connectivity index (χ3n) is 4.86. The molecule has 0 atom stereocenters. The molecule has 150 valence electrons. The first kappa shape index (κ1) is 18.4. The maximum absolute atomic E-state index is 12.9. The number of benzene rings is 3. The monoisotopic (exact) mass is 422 g/mol. The minimum absolute atomic E-state index is 0.133. The van der Waals surface area contributed by atoms with Crippen molar-refractivity contribution < 1.29 is 23.7 Å². The number of hydrogen-bond acceptors (Lipinski definition) is 6. The second-order valence-corrected chi connectivity index (χ2v) is 7.18. The summed E-state index contributed by atoms with van der Waals surface area (Å²) < 4.78 is 22.2. The SMILES string of the molecule is O=c1c(-c2ccc(O)cc2)coc2cc(OCc3cc4c(cc3Cl)OCO4)ccc12. The lowest BCUT2D eigenvalue weighted by Crippen LogP contribution is -2.05.